The van der Waals surface area contributed by atoms with Crippen molar-refractivity contribution in [2.75, 3.05) is 6.54 Å². The zero-order valence-electron chi connectivity index (χ0n) is 10.0. The number of carboxylic acid groups (broad SMARTS) is 1. The highest BCUT2D eigenvalue weighted by atomic mass is 32.1. The van der Waals surface area contributed by atoms with Crippen molar-refractivity contribution in [3.8, 4) is 0 Å². The summed E-state index contributed by atoms with van der Waals surface area (Å²) in [5.74, 6) is -0.857. The second kappa shape index (κ2) is 4.05. The maximum absolute atomic E-state index is 11.0. The Morgan fingerprint density at radius 1 is 1.33 bits per heavy atom. The second-order valence-electron chi connectivity index (χ2n) is 5.25. The summed E-state index contributed by atoms with van der Waals surface area (Å²) in [6.07, 6.45) is 4.03. The van der Waals surface area contributed by atoms with Gasteiger partial charge in [0.1, 0.15) is 0 Å². The zero-order valence-corrected chi connectivity index (χ0v) is 10.8. The van der Waals surface area contributed by atoms with E-state index < -0.39 is 5.97 Å². The van der Waals surface area contributed by atoms with E-state index in [2.05, 4.69) is 5.32 Å². The largest absolute Gasteiger partial charge is 0.478 e. The lowest BCUT2D eigenvalue weighted by atomic mass is 9.71. The maximum atomic E-state index is 11.0. The Labute approximate surface area is 111 Å². The Morgan fingerprint density at radius 3 is 2.83 bits per heavy atom. The molecule has 1 heterocycles. The summed E-state index contributed by atoms with van der Waals surface area (Å²) in [5.41, 5.74) is 2.90. The van der Waals surface area contributed by atoms with Crippen molar-refractivity contribution in [1.82, 2.24) is 5.32 Å². The minimum atomic E-state index is -0.857. The average Bonchev–Trinajstić information content (AvgIpc) is 2.70. The molecule has 1 aromatic rings. The van der Waals surface area contributed by atoms with Crippen LogP contribution in [0.15, 0.2) is 18.2 Å². The van der Waals surface area contributed by atoms with Gasteiger partial charge in [-0.1, -0.05) is 18.3 Å². The molecule has 0 bridgehead atoms. The highest BCUT2D eigenvalue weighted by Gasteiger charge is 2.41. The van der Waals surface area contributed by atoms with Gasteiger partial charge >= 0.3 is 5.97 Å². The minimum Gasteiger partial charge on any atom is -0.478 e. The van der Waals surface area contributed by atoms with Crippen LogP contribution in [0.2, 0.25) is 0 Å². The average molecular weight is 261 g/mol. The highest BCUT2D eigenvalue weighted by Crippen LogP contribution is 2.41. The van der Waals surface area contributed by atoms with Gasteiger partial charge in [-0.3, -0.25) is 0 Å². The second-order valence-corrected chi connectivity index (χ2v) is 5.66. The van der Waals surface area contributed by atoms with E-state index in [1.165, 1.54) is 5.56 Å². The van der Waals surface area contributed by atoms with Crippen molar-refractivity contribution in [3.63, 3.8) is 0 Å². The lowest BCUT2D eigenvalue weighted by Crippen LogP contribution is -2.35. The molecule has 1 aromatic carbocycles. The van der Waals surface area contributed by atoms with Gasteiger partial charge in [0.05, 0.1) is 10.6 Å². The first kappa shape index (κ1) is 11.7. The van der Waals surface area contributed by atoms with Crippen molar-refractivity contribution in [3.05, 3.63) is 34.9 Å². The smallest absolute Gasteiger partial charge is 0.335 e. The van der Waals surface area contributed by atoms with Gasteiger partial charge in [-0.05, 0) is 48.9 Å². The van der Waals surface area contributed by atoms with Gasteiger partial charge in [-0.2, -0.15) is 0 Å². The zero-order chi connectivity index (χ0) is 12.8. The third kappa shape index (κ3) is 1.72. The van der Waals surface area contributed by atoms with Crippen LogP contribution < -0.4 is 5.32 Å². The molecule has 2 N–H and O–H groups in total. The molecule has 3 rings (SSSR count). The molecule has 1 aliphatic heterocycles. The normalized spacial score (nSPS) is 25.9. The monoisotopic (exact) mass is 261 g/mol. The molecule has 0 unspecified atom stereocenters. The van der Waals surface area contributed by atoms with E-state index in [9.17, 15) is 4.79 Å². The fourth-order valence-corrected chi connectivity index (χ4v) is 3.50. The number of thiocarbonyl (C=S) groups is 1. The van der Waals surface area contributed by atoms with Crippen molar-refractivity contribution in [1.29, 1.82) is 0 Å². The molecule has 4 heteroatoms. The third-order valence-electron chi connectivity index (χ3n) is 4.23. The van der Waals surface area contributed by atoms with Crippen molar-refractivity contribution in [2.45, 2.75) is 25.7 Å². The Kier molecular flexibility index (Phi) is 2.63. The summed E-state index contributed by atoms with van der Waals surface area (Å²) in [5, 5.41) is 12.3. The summed E-state index contributed by atoms with van der Waals surface area (Å²) in [6, 6.07) is 5.47. The number of hydrogen-bond acceptors (Lipinski definition) is 2. The molecule has 0 saturated carbocycles. The van der Waals surface area contributed by atoms with Gasteiger partial charge in [-0.25, -0.2) is 4.79 Å². The molecule has 94 valence electrons. The Balaban J connectivity index is 1.98. The molecule has 1 aliphatic carbocycles. The van der Waals surface area contributed by atoms with Crippen LogP contribution in [0, 0.1) is 5.41 Å². The number of aryl methyl sites for hydroxylation is 1. The highest BCUT2D eigenvalue weighted by molar-refractivity contribution is 7.80. The number of fused-ring (bicyclic) bond motifs is 1. The number of carbonyl (C=O) groups is 1. The number of benzene rings is 1. The first-order chi connectivity index (χ1) is 8.61. The Bertz CT molecular complexity index is 541. The third-order valence-corrected chi connectivity index (χ3v) is 4.80. The van der Waals surface area contributed by atoms with Gasteiger partial charge in [0.2, 0.25) is 0 Å². The van der Waals surface area contributed by atoms with E-state index in [1.807, 2.05) is 12.1 Å². The summed E-state index contributed by atoms with van der Waals surface area (Å²) in [4.78, 5) is 12.0. The molecule has 0 aromatic heterocycles. The lowest BCUT2D eigenvalue weighted by molar-refractivity contribution is 0.0696. The van der Waals surface area contributed by atoms with E-state index in [0.29, 0.717) is 5.56 Å². The van der Waals surface area contributed by atoms with Gasteiger partial charge < -0.3 is 10.4 Å². The molecule has 0 amide bonds. The topological polar surface area (TPSA) is 49.3 Å². The van der Waals surface area contributed by atoms with Crippen molar-refractivity contribution >= 4 is 23.2 Å². The fourth-order valence-electron chi connectivity index (χ4n) is 3.12. The fraction of sp³-hybridized carbons (Fsp3) is 0.429. The quantitative estimate of drug-likeness (QED) is 0.761. The first-order valence-corrected chi connectivity index (χ1v) is 6.65. The van der Waals surface area contributed by atoms with Gasteiger partial charge in [0, 0.05) is 12.0 Å². The number of rotatable bonds is 1. The van der Waals surface area contributed by atoms with Crippen LogP contribution in [-0.2, 0) is 12.8 Å². The van der Waals surface area contributed by atoms with E-state index in [1.54, 1.807) is 6.07 Å². The minimum absolute atomic E-state index is 0.0828. The summed E-state index contributed by atoms with van der Waals surface area (Å²) in [6.45, 7) is 0.951. The summed E-state index contributed by atoms with van der Waals surface area (Å²) >= 11 is 5.44. The van der Waals surface area contributed by atoms with Crippen LogP contribution in [0.25, 0.3) is 0 Å². The van der Waals surface area contributed by atoms with Crippen molar-refractivity contribution in [2.24, 2.45) is 5.41 Å². The van der Waals surface area contributed by atoms with E-state index in [0.717, 1.165) is 42.8 Å². The predicted octanol–water partition coefficient (Wildman–Crippen LogP) is 2.18. The molecular weight excluding hydrogens is 246 g/mol. The molecule has 3 nitrogen and oxygen atoms in total. The van der Waals surface area contributed by atoms with E-state index in [-0.39, 0.29) is 5.41 Å². The lowest BCUT2D eigenvalue weighted by Gasteiger charge is -2.34. The van der Waals surface area contributed by atoms with Crippen LogP contribution in [0.4, 0.5) is 0 Å². The number of hydrogen-bond donors (Lipinski definition) is 2. The summed E-state index contributed by atoms with van der Waals surface area (Å²) < 4.78 is 0. The van der Waals surface area contributed by atoms with Crippen LogP contribution in [0.5, 0.6) is 0 Å². The van der Waals surface area contributed by atoms with E-state index >= 15 is 0 Å². The Hall–Kier alpha value is -1.42. The maximum Gasteiger partial charge on any atom is 0.335 e. The molecule has 1 spiro atoms. The molecule has 2 aliphatic rings. The van der Waals surface area contributed by atoms with Gasteiger partial charge in [-0.15, -0.1) is 0 Å². The summed E-state index contributed by atoms with van der Waals surface area (Å²) in [7, 11) is 0. The number of carboxylic acids is 1. The molecule has 0 radical (unpaired) electrons. The molecule has 1 atom stereocenters. The van der Waals surface area contributed by atoms with Crippen LogP contribution >= 0.6 is 12.2 Å². The number of nitrogens with one attached hydrogen (secondary N) is 1. The molecule has 18 heavy (non-hydrogen) atoms. The van der Waals surface area contributed by atoms with E-state index in [4.69, 9.17) is 17.3 Å². The number of aromatic carboxylic acids is 1. The van der Waals surface area contributed by atoms with Crippen molar-refractivity contribution < 1.29 is 9.90 Å². The molecule has 1 saturated heterocycles. The molecule has 1 fully saturated rings. The van der Waals surface area contributed by atoms with Crippen LogP contribution in [0.1, 0.15) is 34.3 Å². The van der Waals surface area contributed by atoms with Gasteiger partial charge in [0.25, 0.3) is 0 Å². The molecular formula is C14H15NO2S. The SMILES string of the molecule is O=C(O)c1ccc2c(c1)C[C@]1(CCNC1=S)CC2. The standard InChI is InChI=1S/C14H15NO2S/c16-12(17)10-2-1-9-3-4-14(8-11(9)7-10)5-6-15-13(14)18/h1-2,7H,3-6,8H2,(H,15,18)(H,16,17)/t14-/m1/s1. The Morgan fingerprint density at radius 2 is 2.17 bits per heavy atom. The predicted molar refractivity (Wildman–Crippen MR) is 73.1 cm³/mol. The van der Waals surface area contributed by atoms with Gasteiger partial charge in [0.15, 0.2) is 0 Å². The first-order valence-electron chi connectivity index (χ1n) is 6.24. The van der Waals surface area contributed by atoms with Crippen LogP contribution in [-0.4, -0.2) is 22.6 Å². The van der Waals surface area contributed by atoms with Crippen LogP contribution in [0.3, 0.4) is 0 Å².